The van der Waals surface area contributed by atoms with Crippen LogP contribution in [0.4, 0.5) is 10.5 Å². The summed E-state index contributed by atoms with van der Waals surface area (Å²) in [5.74, 6) is -4.18. The maximum absolute atomic E-state index is 14.1. The molecule has 0 radical (unpaired) electrons. The van der Waals surface area contributed by atoms with E-state index in [4.69, 9.17) is 38.0 Å². The molecule has 538 valence electrons. The van der Waals surface area contributed by atoms with Gasteiger partial charge in [0.25, 0.3) is 17.7 Å². The highest BCUT2D eigenvalue weighted by molar-refractivity contribution is 14.1. The van der Waals surface area contributed by atoms with Crippen LogP contribution in [0.15, 0.2) is 42.6 Å². The lowest BCUT2D eigenvalue weighted by Gasteiger charge is -2.33. The molecule has 9 amide bonds. The summed E-state index contributed by atoms with van der Waals surface area (Å²) >= 11 is 1.77. The molecule has 0 unspecified atom stereocenters. The molecule has 0 fully saturated rings. The first-order valence-corrected chi connectivity index (χ1v) is 32.3. The number of nitrogens with two attached hydrogens (primary N) is 1. The van der Waals surface area contributed by atoms with Crippen LogP contribution in [0.5, 0.6) is 0 Å². The Morgan fingerprint density at radius 3 is 1.71 bits per heavy atom. The lowest BCUT2D eigenvalue weighted by atomic mass is 10.0. The summed E-state index contributed by atoms with van der Waals surface area (Å²) in [6, 6.07) is 2.69. The number of hydrogen-bond acceptors (Lipinski definition) is 26. The Hall–Kier alpha value is -6.05. The monoisotopic (exact) mass is 1470 g/mol. The SMILES string of the molecule is CC(C)[C@H](NC(=O)[C@H](CCCCNC(=O)c1cnnn1CCOCCOCCOCCOCCN(C[C@H](O)[C@@H](O)[C@H](O)[C@H](O)CO)C[C@H](O)[C@@H](O)[C@H](O)[C@H](O)CO)NC(=O)CCCCCN1C(=O)C=CC1=O)C(=O)N[C@@H](CCCNC(N)=O)C(=O)Nc1ccc(COI)cc1. The third kappa shape index (κ3) is 32.2. The lowest BCUT2D eigenvalue weighted by molar-refractivity contribution is -0.137. The summed E-state index contributed by atoms with van der Waals surface area (Å²) in [7, 11) is 0. The summed E-state index contributed by atoms with van der Waals surface area (Å²) in [4.78, 5) is 106. The van der Waals surface area contributed by atoms with Crippen molar-refractivity contribution in [2.45, 2.75) is 152 Å². The van der Waals surface area contributed by atoms with Crippen molar-refractivity contribution in [3.63, 3.8) is 0 Å². The normalized spacial score (nSPS) is 15.9. The van der Waals surface area contributed by atoms with Crippen LogP contribution in [0.1, 0.15) is 87.7 Å². The topological polar surface area (TPSA) is 520 Å². The maximum atomic E-state index is 14.1. The number of carbonyl (C=O) groups excluding carboxylic acids is 8. The van der Waals surface area contributed by atoms with Crippen molar-refractivity contribution in [3.8, 4) is 0 Å². The van der Waals surface area contributed by atoms with Gasteiger partial charge in [0.1, 0.15) is 83.4 Å². The Kier molecular flexibility index (Phi) is 41.1. The van der Waals surface area contributed by atoms with Crippen LogP contribution in [0.3, 0.4) is 0 Å². The highest BCUT2D eigenvalue weighted by atomic mass is 127. The Balaban J connectivity index is 1.47. The van der Waals surface area contributed by atoms with Crippen molar-refractivity contribution in [1.29, 1.82) is 0 Å². The minimum absolute atomic E-state index is 0.00885. The number of aliphatic hydroxyl groups is 10. The predicted molar refractivity (Wildman–Crippen MR) is 344 cm³/mol. The summed E-state index contributed by atoms with van der Waals surface area (Å²) in [6.07, 6.45) is -8.58. The average Bonchev–Trinajstić information content (AvgIpc) is 1.25. The second kappa shape index (κ2) is 47.0. The molecule has 0 spiro atoms. The Morgan fingerprint density at radius 2 is 1.15 bits per heavy atom. The van der Waals surface area contributed by atoms with Crippen LogP contribution in [0, 0.1) is 5.92 Å². The molecule has 0 aliphatic carbocycles. The van der Waals surface area contributed by atoms with E-state index in [1.807, 2.05) is 0 Å². The van der Waals surface area contributed by atoms with Crippen molar-refractivity contribution in [3.05, 3.63) is 53.9 Å². The van der Waals surface area contributed by atoms with Crippen molar-refractivity contribution in [1.82, 2.24) is 51.4 Å². The third-order valence-electron chi connectivity index (χ3n) is 14.8. The van der Waals surface area contributed by atoms with E-state index in [1.54, 1.807) is 61.1 Å². The minimum Gasteiger partial charge on any atom is -0.394 e. The fourth-order valence-electron chi connectivity index (χ4n) is 9.33. The summed E-state index contributed by atoms with van der Waals surface area (Å²) < 4.78 is 28.8. The number of benzene rings is 1. The number of imide groups is 1. The number of anilines is 1. The fourth-order valence-corrected chi connectivity index (χ4v) is 9.69. The van der Waals surface area contributed by atoms with Gasteiger partial charge in [-0.15, -0.1) is 5.10 Å². The molecule has 36 heteroatoms. The standard InChI is InChI=1S/C59H97IN12O23/c1-37(2)50(58(89)67-41(10-8-19-63-59(61)90)55(86)65-39-14-12-38(13-15-39)36-95-60)68-56(87)40(66-47(79)11-4-3-7-20-71-48(80)16-17-49(71)81)9-5-6-18-62-57(88)42-31-64-69-72(42)22-24-92-26-28-94-30-29-93-27-25-91-23-21-70(32-43(75)51(82)53(84)45(77)34-73)33-44(76)52(83)54(85)46(78)35-74/h12-17,31,37,40-41,43-46,50-54,73-78,82-85H,3-11,18-30,32-36H2,1-2H3,(H,62,88)(H,65,86)(H,66,79)(H,67,89)(H,68,87)(H3,61,63,90)/t40-,41-,43-,44-,45+,46+,50-,51+,52+,53+,54+/m0/s1. The number of nitrogens with one attached hydrogen (secondary N) is 6. The second-order valence-electron chi connectivity index (χ2n) is 22.7. The molecule has 35 nitrogen and oxygen atoms in total. The number of aromatic nitrogens is 3. The number of halogens is 1. The van der Waals surface area contributed by atoms with E-state index in [2.05, 4.69) is 42.2 Å². The van der Waals surface area contributed by atoms with Gasteiger partial charge in [-0.25, -0.2) is 9.48 Å². The average molecular weight is 1470 g/mol. The zero-order valence-electron chi connectivity index (χ0n) is 53.5. The van der Waals surface area contributed by atoms with E-state index in [9.17, 15) is 79.2 Å². The predicted octanol–water partition coefficient (Wildman–Crippen LogP) is -5.03. The summed E-state index contributed by atoms with van der Waals surface area (Å²) in [5, 5.41) is 123. The van der Waals surface area contributed by atoms with Crippen molar-refractivity contribution in [2.75, 3.05) is 111 Å². The van der Waals surface area contributed by atoms with Gasteiger partial charge in [0.2, 0.25) is 23.6 Å². The molecule has 2 heterocycles. The lowest BCUT2D eigenvalue weighted by Crippen LogP contribution is -2.57. The van der Waals surface area contributed by atoms with Gasteiger partial charge in [-0.1, -0.05) is 37.6 Å². The molecule has 11 atom stereocenters. The number of rotatable bonds is 53. The Bertz CT molecular complexity index is 2580. The first kappa shape index (κ1) is 83.2. The second-order valence-corrected chi connectivity index (χ2v) is 23.3. The number of primary amides is 1. The Morgan fingerprint density at radius 1 is 0.611 bits per heavy atom. The highest BCUT2D eigenvalue weighted by Crippen LogP contribution is 2.16. The number of carbonyl (C=O) groups is 8. The van der Waals surface area contributed by atoms with Gasteiger partial charge in [0.15, 0.2) is 0 Å². The number of hydrogen-bond donors (Lipinski definition) is 17. The first-order valence-electron chi connectivity index (χ1n) is 31.4. The molecule has 95 heavy (non-hydrogen) atoms. The number of nitrogens with zero attached hydrogens (tertiary/aromatic N) is 5. The molecule has 1 aliphatic heterocycles. The van der Waals surface area contributed by atoms with Crippen LogP contribution in [0.25, 0.3) is 0 Å². The minimum atomic E-state index is -1.93. The van der Waals surface area contributed by atoms with E-state index in [-0.39, 0.29) is 117 Å². The van der Waals surface area contributed by atoms with E-state index >= 15 is 0 Å². The van der Waals surface area contributed by atoms with Crippen LogP contribution < -0.4 is 37.6 Å². The van der Waals surface area contributed by atoms with Gasteiger partial charge in [0, 0.05) is 63.5 Å². The molecule has 2 aromatic rings. The smallest absolute Gasteiger partial charge is 0.312 e. The molecular weight excluding hydrogens is 1370 g/mol. The molecular formula is C59H97IN12O23. The number of ether oxygens (including phenoxy) is 4. The molecule has 0 saturated carbocycles. The van der Waals surface area contributed by atoms with E-state index in [0.717, 1.165) is 10.5 Å². The number of aliphatic hydroxyl groups excluding tert-OH is 10. The Labute approximate surface area is 564 Å². The molecule has 0 bridgehead atoms. The van der Waals surface area contributed by atoms with Crippen LogP contribution in [-0.2, 0) is 63.9 Å². The zero-order chi connectivity index (χ0) is 70.2. The highest BCUT2D eigenvalue weighted by Gasteiger charge is 2.36. The number of amides is 9. The number of urea groups is 1. The molecule has 18 N–H and O–H groups in total. The number of unbranched alkanes of at least 4 members (excludes halogenated alkanes) is 3. The van der Waals surface area contributed by atoms with Gasteiger partial charge < -0.3 is 111 Å². The quantitative estimate of drug-likeness (QED) is 0.0167. The van der Waals surface area contributed by atoms with Crippen molar-refractivity contribution >= 4 is 76.1 Å². The van der Waals surface area contributed by atoms with Gasteiger partial charge in [-0.05, 0) is 68.6 Å². The largest absolute Gasteiger partial charge is 0.394 e. The molecule has 1 aromatic heterocycles. The maximum Gasteiger partial charge on any atom is 0.312 e. The van der Waals surface area contributed by atoms with Gasteiger partial charge in [0.05, 0.1) is 97.6 Å². The molecule has 1 aromatic carbocycles. The molecule has 3 rings (SSSR count). The molecule has 1 aliphatic rings. The van der Waals surface area contributed by atoms with E-state index in [1.165, 1.54) is 27.9 Å². The fraction of sp³-hybridized carbons (Fsp3) is 0.695. The third-order valence-corrected chi connectivity index (χ3v) is 15.2. The summed E-state index contributed by atoms with van der Waals surface area (Å²) in [5.41, 5.74) is 6.68. The first-order chi connectivity index (χ1) is 45.4. The van der Waals surface area contributed by atoms with Gasteiger partial charge in [-0.3, -0.25) is 43.4 Å². The van der Waals surface area contributed by atoms with Crippen molar-refractivity contribution < 1.29 is 111 Å². The van der Waals surface area contributed by atoms with E-state index in [0.29, 0.717) is 44.4 Å². The summed E-state index contributed by atoms with van der Waals surface area (Å²) in [6.45, 7) is 2.74. The zero-order valence-corrected chi connectivity index (χ0v) is 55.7. The van der Waals surface area contributed by atoms with Gasteiger partial charge in [-0.2, -0.15) is 0 Å². The molecule has 0 saturated heterocycles. The van der Waals surface area contributed by atoms with Crippen LogP contribution in [0.2, 0.25) is 0 Å². The van der Waals surface area contributed by atoms with Crippen molar-refractivity contribution in [2.24, 2.45) is 11.7 Å². The van der Waals surface area contributed by atoms with Crippen LogP contribution >= 0.6 is 23.0 Å². The van der Waals surface area contributed by atoms with E-state index < -0.39 is 147 Å². The van der Waals surface area contributed by atoms with Crippen LogP contribution in [-0.4, -0.2) is 296 Å². The van der Waals surface area contributed by atoms with Gasteiger partial charge >= 0.3 is 6.03 Å².